The van der Waals surface area contributed by atoms with Crippen molar-refractivity contribution in [3.05, 3.63) is 145 Å². The van der Waals surface area contributed by atoms with E-state index in [4.69, 9.17) is 0 Å². The molecule has 0 spiro atoms. The molecule has 2 heterocycles. The topological polar surface area (TPSA) is 9.86 Å². The zero-order valence-electron chi connectivity index (χ0n) is 27.4. The maximum atomic E-state index is 2.59. The van der Waals surface area contributed by atoms with Crippen LogP contribution in [0.5, 0.6) is 0 Å². The number of fused-ring (bicyclic) bond motifs is 6. The Labute approximate surface area is 282 Å². The van der Waals surface area contributed by atoms with Gasteiger partial charge in [0.25, 0.3) is 0 Å². The van der Waals surface area contributed by atoms with Crippen molar-refractivity contribution in [1.82, 2.24) is 9.13 Å². The molecule has 48 heavy (non-hydrogen) atoms. The highest BCUT2D eigenvalue weighted by atomic mass is 15.0. The Kier molecular flexibility index (Phi) is 5.71. The fourth-order valence-electron chi connectivity index (χ4n) is 11.6. The Bertz CT molecular complexity index is 2330. The van der Waals surface area contributed by atoms with Crippen molar-refractivity contribution in [2.24, 2.45) is 23.7 Å². The van der Waals surface area contributed by atoms with Crippen molar-refractivity contribution in [1.29, 1.82) is 0 Å². The van der Waals surface area contributed by atoms with Gasteiger partial charge in [0, 0.05) is 38.3 Å². The monoisotopic (exact) mass is 620 g/mol. The van der Waals surface area contributed by atoms with E-state index in [-0.39, 0.29) is 5.41 Å². The highest BCUT2D eigenvalue weighted by Gasteiger charge is 2.59. The normalized spacial score (nSPS) is 26.5. The van der Waals surface area contributed by atoms with Gasteiger partial charge in [-0.25, -0.2) is 0 Å². The summed E-state index contributed by atoms with van der Waals surface area (Å²) in [7, 11) is 0. The second-order valence-electron chi connectivity index (χ2n) is 15.3. The number of para-hydroxylation sites is 4. The minimum atomic E-state index is 0.148. The number of hydrogen-bond donors (Lipinski definition) is 0. The van der Waals surface area contributed by atoms with Crippen LogP contribution in [0.2, 0.25) is 0 Å². The van der Waals surface area contributed by atoms with E-state index in [1.807, 2.05) is 0 Å². The molecule has 4 bridgehead atoms. The smallest absolute Gasteiger partial charge is 0.0541 e. The molecule has 2 heteroatoms. The van der Waals surface area contributed by atoms with Crippen molar-refractivity contribution < 1.29 is 0 Å². The van der Waals surface area contributed by atoms with E-state index in [9.17, 15) is 0 Å². The predicted molar refractivity (Wildman–Crippen MR) is 201 cm³/mol. The molecular weight excluding hydrogens is 581 g/mol. The molecule has 234 valence electrons. The lowest BCUT2D eigenvalue weighted by atomic mass is 9.41. The van der Waals surface area contributed by atoms with Gasteiger partial charge in [-0.05, 0) is 117 Å². The van der Waals surface area contributed by atoms with Crippen LogP contribution < -0.4 is 0 Å². The molecule has 0 aliphatic heterocycles. The first-order valence-corrected chi connectivity index (χ1v) is 18.3. The Morgan fingerprint density at radius 1 is 0.438 bits per heavy atom. The fourth-order valence-corrected chi connectivity index (χ4v) is 11.6. The zero-order chi connectivity index (χ0) is 31.4. The number of aromatic nitrogens is 2. The summed E-state index contributed by atoms with van der Waals surface area (Å²) in [6.45, 7) is 0. The second-order valence-corrected chi connectivity index (χ2v) is 15.3. The van der Waals surface area contributed by atoms with Gasteiger partial charge < -0.3 is 9.13 Å². The molecule has 0 N–H and O–H groups in total. The van der Waals surface area contributed by atoms with Crippen molar-refractivity contribution in [3.63, 3.8) is 0 Å². The predicted octanol–water partition coefficient (Wildman–Crippen LogP) is 11.8. The molecular formula is C46H40N2. The van der Waals surface area contributed by atoms with Gasteiger partial charge in [0.1, 0.15) is 0 Å². The summed E-state index contributed by atoms with van der Waals surface area (Å²) >= 11 is 0. The first-order valence-electron chi connectivity index (χ1n) is 18.3. The molecule has 12 rings (SSSR count). The lowest BCUT2D eigenvalue weighted by Gasteiger charge is -2.63. The van der Waals surface area contributed by atoms with Crippen LogP contribution in [0.4, 0.5) is 0 Å². The van der Waals surface area contributed by atoms with E-state index in [1.54, 1.807) is 11.1 Å². The number of rotatable bonds is 4. The fraction of sp³-hybridized carbons (Fsp3) is 0.261. The minimum Gasteiger partial charge on any atom is -0.313 e. The van der Waals surface area contributed by atoms with Gasteiger partial charge >= 0.3 is 0 Å². The van der Waals surface area contributed by atoms with Crippen LogP contribution in [0.3, 0.4) is 0 Å². The molecule has 0 atom stereocenters. The quantitative estimate of drug-likeness (QED) is 0.185. The summed E-state index contributed by atoms with van der Waals surface area (Å²) in [5.74, 6) is 3.38. The highest BCUT2D eigenvalue weighted by Crippen LogP contribution is 2.66. The van der Waals surface area contributed by atoms with Gasteiger partial charge in [-0.2, -0.15) is 0 Å². The summed E-state index contributed by atoms with van der Waals surface area (Å²) in [4.78, 5) is 0. The summed E-state index contributed by atoms with van der Waals surface area (Å²) in [5, 5.41) is 5.36. The standard InChI is InChI=1S/C46H40N2/c1-5-13-42-38(9-1)39-10-2-6-14-43(39)47(42)36-21-17-32(18-22-36)46(34-26-30-25-31(28-34)29-35(46)27-30)33-19-23-37(24-20-33)48-44-15-7-3-11-40(44)41-12-4-8-16-45(41)48/h1-19,21-23,30-31,34-35H,20,24-29H2. The van der Waals surface area contributed by atoms with Crippen molar-refractivity contribution in [2.45, 2.75) is 50.4 Å². The zero-order valence-corrected chi connectivity index (χ0v) is 27.4. The van der Waals surface area contributed by atoms with Crippen LogP contribution >= 0.6 is 0 Å². The molecule has 0 radical (unpaired) electrons. The van der Waals surface area contributed by atoms with Gasteiger partial charge in [0.15, 0.2) is 0 Å². The average molecular weight is 621 g/mol. The average Bonchev–Trinajstić information content (AvgIpc) is 3.65. The maximum absolute atomic E-state index is 2.59. The van der Waals surface area contributed by atoms with E-state index in [1.165, 1.54) is 87.1 Å². The van der Waals surface area contributed by atoms with E-state index < -0.39 is 0 Å². The van der Waals surface area contributed by atoms with Gasteiger partial charge in [0.05, 0.1) is 22.1 Å². The molecule has 5 aliphatic rings. The van der Waals surface area contributed by atoms with Crippen LogP contribution in [-0.4, -0.2) is 9.13 Å². The van der Waals surface area contributed by atoms with Gasteiger partial charge in [0.2, 0.25) is 0 Å². The van der Waals surface area contributed by atoms with E-state index in [0.717, 1.165) is 36.5 Å². The van der Waals surface area contributed by atoms with E-state index in [2.05, 4.69) is 143 Å². The van der Waals surface area contributed by atoms with Gasteiger partial charge in [-0.1, -0.05) is 96.6 Å². The third kappa shape index (κ3) is 3.64. The van der Waals surface area contributed by atoms with Gasteiger partial charge in [-0.15, -0.1) is 0 Å². The number of allylic oxidation sites excluding steroid dienone is 4. The second kappa shape index (κ2) is 10.1. The third-order valence-corrected chi connectivity index (χ3v) is 13.1. The molecule has 4 fully saturated rings. The Morgan fingerprint density at radius 2 is 0.896 bits per heavy atom. The lowest BCUT2D eigenvalue weighted by Crippen LogP contribution is -2.56. The van der Waals surface area contributed by atoms with Crippen LogP contribution in [0, 0.1) is 23.7 Å². The number of hydrogen-bond acceptors (Lipinski definition) is 0. The maximum Gasteiger partial charge on any atom is 0.0541 e. The minimum absolute atomic E-state index is 0.148. The largest absolute Gasteiger partial charge is 0.313 e. The van der Waals surface area contributed by atoms with Crippen LogP contribution in [0.1, 0.15) is 50.5 Å². The third-order valence-electron chi connectivity index (χ3n) is 13.1. The molecule has 4 saturated carbocycles. The van der Waals surface area contributed by atoms with Crippen LogP contribution in [0.25, 0.3) is 55.0 Å². The Hall–Kier alpha value is -4.82. The molecule has 7 aromatic rings. The summed E-state index contributed by atoms with van der Waals surface area (Å²) < 4.78 is 5.01. The first-order chi connectivity index (χ1) is 23.8. The number of benzene rings is 5. The van der Waals surface area contributed by atoms with Crippen LogP contribution in [0.15, 0.2) is 139 Å². The molecule has 0 saturated heterocycles. The first kappa shape index (κ1) is 27.2. The SMILES string of the molecule is C1=C(n2c3ccccc3c3ccccc32)CCC(C2(c3ccc(-n4c5ccccc5c5ccccc54)cc3)C3CC4CC(C3)CC2C4)=C1. The molecule has 5 aliphatic carbocycles. The van der Waals surface area contributed by atoms with Crippen molar-refractivity contribution in [3.8, 4) is 5.69 Å². The summed E-state index contributed by atoms with van der Waals surface area (Å²) in [6.07, 6.45) is 14.4. The van der Waals surface area contributed by atoms with E-state index >= 15 is 0 Å². The molecule has 5 aromatic carbocycles. The Balaban J connectivity index is 1.06. The van der Waals surface area contributed by atoms with Crippen LogP contribution in [-0.2, 0) is 5.41 Å². The summed E-state index contributed by atoms with van der Waals surface area (Å²) in [5.41, 5.74) is 11.3. The number of nitrogens with zero attached hydrogens (tertiary/aromatic N) is 2. The van der Waals surface area contributed by atoms with Crippen molar-refractivity contribution in [2.75, 3.05) is 0 Å². The molecule has 0 amide bonds. The molecule has 0 unspecified atom stereocenters. The lowest BCUT2D eigenvalue weighted by molar-refractivity contribution is -0.0449. The molecule has 2 nitrogen and oxygen atoms in total. The summed E-state index contributed by atoms with van der Waals surface area (Å²) in [6, 6.07) is 45.6. The van der Waals surface area contributed by atoms with Crippen molar-refractivity contribution >= 4 is 49.3 Å². The molecule has 2 aromatic heterocycles. The van der Waals surface area contributed by atoms with Gasteiger partial charge in [-0.3, -0.25) is 0 Å². The van der Waals surface area contributed by atoms with E-state index in [0.29, 0.717) is 0 Å². The highest BCUT2D eigenvalue weighted by molar-refractivity contribution is 6.10. The Morgan fingerprint density at radius 3 is 1.35 bits per heavy atom.